The minimum Gasteiger partial charge on any atom is -0.247 e. The maximum absolute atomic E-state index is 12.5. The third-order valence-electron chi connectivity index (χ3n) is 2.34. The van der Waals surface area contributed by atoms with Crippen LogP contribution in [-0.2, 0) is 0 Å². The summed E-state index contributed by atoms with van der Waals surface area (Å²) in [5, 5.41) is 0. The molecule has 3 atom stereocenters. The minimum atomic E-state index is -0.572. The molecule has 1 aliphatic carbocycles. The lowest BCUT2D eigenvalue weighted by Gasteiger charge is -2.02. The summed E-state index contributed by atoms with van der Waals surface area (Å²) >= 11 is 0. The lowest BCUT2D eigenvalue weighted by atomic mass is 10.1. The van der Waals surface area contributed by atoms with Crippen LogP contribution >= 0.6 is 0 Å². The van der Waals surface area contributed by atoms with Crippen molar-refractivity contribution < 1.29 is 4.39 Å². The molecule has 0 aliphatic heterocycles. The van der Waals surface area contributed by atoms with Crippen LogP contribution in [-0.4, -0.2) is 6.17 Å². The molecule has 0 saturated heterocycles. The van der Waals surface area contributed by atoms with Crippen molar-refractivity contribution in [1.29, 1.82) is 0 Å². The molecular weight excluding hydrogens is 115 g/mol. The van der Waals surface area contributed by atoms with Crippen molar-refractivity contribution in [2.24, 2.45) is 17.8 Å². The van der Waals surface area contributed by atoms with Gasteiger partial charge in [-0.1, -0.05) is 13.8 Å². The second-order valence-electron chi connectivity index (χ2n) is 3.48. The van der Waals surface area contributed by atoms with Gasteiger partial charge in [-0.25, -0.2) is 4.39 Å². The largest absolute Gasteiger partial charge is 0.247 e. The molecule has 0 nitrogen and oxygen atoms in total. The van der Waals surface area contributed by atoms with Gasteiger partial charge in [0.1, 0.15) is 6.17 Å². The maximum atomic E-state index is 12.5. The van der Waals surface area contributed by atoms with Crippen LogP contribution in [0.25, 0.3) is 0 Å². The highest BCUT2D eigenvalue weighted by Gasteiger charge is 2.42. The molecule has 9 heavy (non-hydrogen) atoms. The van der Waals surface area contributed by atoms with E-state index in [0.717, 1.165) is 6.42 Å². The second kappa shape index (κ2) is 2.28. The Balaban J connectivity index is 2.24. The van der Waals surface area contributed by atoms with Crippen molar-refractivity contribution in [3.63, 3.8) is 0 Å². The summed E-state index contributed by atoms with van der Waals surface area (Å²) in [5.41, 5.74) is 0. The van der Waals surface area contributed by atoms with E-state index < -0.39 is 6.17 Å². The average Bonchev–Trinajstić information content (AvgIpc) is 2.39. The Morgan fingerprint density at radius 1 is 1.22 bits per heavy atom. The van der Waals surface area contributed by atoms with Crippen LogP contribution in [0.3, 0.4) is 0 Å². The molecule has 1 rings (SSSR count). The second-order valence-corrected chi connectivity index (χ2v) is 3.48. The SMILES string of the molecule is CC(C)[C@H]1C[C@@H]1C(C)F. The van der Waals surface area contributed by atoms with Crippen LogP contribution in [0.1, 0.15) is 27.2 Å². The summed E-state index contributed by atoms with van der Waals surface area (Å²) < 4.78 is 12.5. The van der Waals surface area contributed by atoms with Gasteiger partial charge in [0, 0.05) is 0 Å². The molecule has 0 aromatic carbocycles. The molecule has 0 aromatic heterocycles. The van der Waals surface area contributed by atoms with Crippen LogP contribution in [0.2, 0.25) is 0 Å². The van der Waals surface area contributed by atoms with Gasteiger partial charge in [0.15, 0.2) is 0 Å². The van der Waals surface area contributed by atoms with E-state index in [1.165, 1.54) is 0 Å². The highest BCUT2D eigenvalue weighted by Crippen LogP contribution is 2.47. The fourth-order valence-electron chi connectivity index (χ4n) is 1.53. The topological polar surface area (TPSA) is 0 Å². The first-order chi connectivity index (χ1) is 4.13. The van der Waals surface area contributed by atoms with Crippen molar-refractivity contribution in [3.05, 3.63) is 0 Å². The van der Waals surface area contributed by atoms with Crippen molar-refractivity contribution in [3.8, 4) is 0 Å². The molecule has 0 heterocycles. The van der Waals surface area contributed by atoms with Gasteiger partial charge in [-0.15, -0.1) is 0 Å². The standard InChI is InChI=1S/C8H15F/c1-5(2)7-4-8(7)6(3)9/h5-8H,4H2,1-3H3/t6?,7-,8-/m1/s1. The Bertz CT molecular complexity index is 84.7. The molecule has 1 aliphatic rings. The first kappa shape index (κ1) is 7.04. The third-order valence-corrected chi connectivity index (χ3v) is 2.34. The molecule has 0 amide bonds. The predicted molar refractivity (Wildman–Crippen MR) is 37.0 cm³/mol. The lowest BCUT2D eigenvalue weighted by molar-refractivity contribution is 0.298. The van der Waals surface area contributed by atoms with Gasteiger partial charge in [0.05, 0.1) is 0 Å². The molecule has 0 bridgehead atoms. The maximum Gasteiger partial charge on any atom is 0.100 e. The summed E-state index contributed by atoms with van der Waals surface area (Å²) in [6.07, 6.45) is 0.549. The predicted octanol–water partition coefficient (Wildman–Crippen LogP) is 2.64. The zero-order chi connectivity index (χ0) is 7.02. The van der Waals surface area contributed by atoms with E-state index >= 15 is 0 Å². The Morgan fingerprint density at radius 2 is 1.78 bits per heavy atom. The first-order valence-corrected chi connectivity index (χ1v) is 3.77. The smallest absolute Gasteiger partial charge is 0.100 e. The fraction of sp³-hybridized carbons (Fsp3) is 1.00. The highest BCUT2D eigenvalue weighted by atomic mass is 19.1. The summed E-state index contributed by atoms with van der Waals surface area (Å²) in [6.45, 7) is 6.02. The third kappa shape index (κ3) is 1.44. The zero-order valence-corrected chi connectivity index (χ0v) is 6.39. The monoisotopic (exact) mass is 130 g/mol. The van der Waals surface area contributed by atoms with Crippen LogP contribution in [0, 0.1) is 17.8 Å². The fourth-order valence-corrected chi connectivity index (χ4v) is 1.53. The van der Waals surface area contributed by atoms with Crippen molar-refractivity contribution in [2.45, 2.75) is 33.4 Å². The van der Waals surface area contributed by atoms with Gasteiger partial charge < -0.3 is 0 Å². The molecule has 54 valence electrons. The lowest BCUT2D eigenvalue weighted by Crippen LogP contribution is -2.01. The Kier molecular flexibility index (Phi) is 1.78. The number of hydrogen-bond acceptors (Lipinski definition) is 0. The van der Waals surface area contributed by atoms with E-state index in [-0.39, 0.29) is 0 Å². The number of hydrogen-bond donors (Lipinski definition) is 0. The summed E-state index contributed by atoms with van der Waals surface area (Å²) in [4.78, 5) is 0. The van der Waals surface area contributed by atoms with Gasteiger partial charge in [0.2, 0.25) is 0 Å². The van der Waals surface area contributed by atoms with E-state index in [9.17, 15) is 4.39 Å². The minimum absolute atomic E-state index is 0.394. The molecule has 1 heteroatoms. The van der Waals surface area contributed by atoms with E-state index in [2.05, 4.69) is 13.8 Å². The molecule has 0 spiro atoms. The molecular formula is C8H15F. The summed E-state index contributed by atoms with van der Waals surface area (Å²) in [7, 11) is 0. The first-order valence-electron chi connectivity index (χ1n) is 3.77. The van der Waals surface area contributed by atoms with Crippen LogP contribution in [0.5, 0.6) is 0 Å². The van der Waals surface area contributed by atoms with E-state index in [1.54, 1.807) is 6.92 Å². The van der Waals surface area contributed by atoms with Crippen molar-refractivity contribution >= 4 is 0 Å². The molecule has 1 unspecified atom stereocenters. The molecule has 1 fully saturated rings. The highest BCUT2D eigenvalue weighted by molar-refractivity contribution is 4.91. The number of halogens is 1. The van der Waals surface area contributed by atoms with Gasteiger partial charge in [-0.05, 0) is 31.1 Å². The normalized spacial score (nSPS) is 37.0. The summed E-state index contributed by atoms with van der Waals surface area (Å²) in [6, 6.07) is 0. The van der Waals surface area contributed by atoms with E-state index in [4.69, 9.17) is 0 Å². The van der Waals surface area contributed by atoms with Gasteiger partial charge >= 0.3 is 0 Å². The molecule has 0 N–H and O–H groups in total. The number of alkyl halides is 1. The molecule has 1 saturated carbocycles. The Labute approximate surface area is 56.5 Å². The van der Waals surface area contributed by atoms with Crippen molar-refractivity contribution in [1.82, 2.24) is 0 Å². The van der Waals surface area contributed by atoms with E-state index in [0.29, 0.717) is 17.8 Å². The van der Waals surface area contributed by atoms with E-state index in [1.807, 2.05) is 0 Å². The molecule has 0 radical (unpaired) electrons. The number of rotatable bonds is 2. The summed E-state index contributed by atoms with van der Waals surface area (Å²) in [5.74, 6) is 1.77. The van der Waals surface area contributed by atoms with Crippen molar-refractivity contribution in [2.75, 3.05) is 0 Å². The van der Waals surface area contributed by atoms with Gasteiger partial charge in [-0.2, -0.15) is 0 Å². The van der Waals surface area contributed by atoms with Gasteiger partial charge in [0.25, 0.3) is 0 Å². The van der Waals surface area contributed by atoms with Crippen LogP contribution in [0.4, 0.5) is 4.39 Å². The average molecular weight is 130 g/mol. The Morgan fingerprint density at radius 3 is 1.89 bits per heavy atom. The molecule has 0 aromatic rings. The zero-order valence-electron chi connectivity index (χ0n) is 6.39. The van der Waals surface area contributed by atoms with Crippen LogP contribution in [0.15, 0.2) is 0 Å². The van der Waals surface area contributed by atoms with Crippen LogP contribution < -0.4 is 0 Å². The Hall–Kier alpha value is -0.0700. The quantitative estimate of drug-likeness (QED) is 0.539. The van der Waals surface area contributed by atoms with Gasteiger partial charge in [-0.3, -0.25) is 0 Å².